The molecule has 3 rings (SSSR count). The van der Waals surface area contributed by atoms with Crippen molar-refractivity contribution in [1.29, 1.82) is 0 Å². The zero-order valence-electron chi connectivity index (χ0n) is 14.4. The molecular weight excluding hydrogens is 352 g/mol. The van der Waals surface area contributed by atoms with Crippen molar-refractivity contribution in [3.8, 4) is 0 Å². The van der Waals surface area contributed by atoms with Crippen LogP contribution >= 0.6 is 11.8 Å². The van der Waals surface area contributed by atoms with E-state index in [4.69, 9.17) is 5.11 Å². The van der Waals surface area contributed by atoms with Crippen molar-refractivity contribution in [3.05, 3.63) is 42.2 Å². The van der Waals surface area contributed by atoms with Gasteiger partial charge >= 0.3 is 12.0 Å². The number of carboxylic acid groups (broad SMARTS) is 1. The molecule has 2 heterocycles. The van der Waals surface area contributed by atoms with Gasteiger partial charge in [-0.15, -0.1) is 0 Å². The molecule has 26 heavy (non-hydrogen) atoms. The number of benzene rings is 1. The molecule has 1 saturated heterocycles. The van der Waals surface area contributed by atoms with E-state index in [0.717, 1.165) is 16.1 Å². The summed E-state index contributed by atoms with van der Waals surface area (Å²) in [5.41, 5.74) is 1.69. The Morgan fingerprint density at radius 1 is 1.23 bits per heavy atom. The van der Waals surface area contributed by atoms with Crippen molar-refractivity contribution >= 4 is 29.4 Å². The summed E-state index contributed by atoms with van der Waals surface area (Å²) in [6.45, 7) is 2.85. The molecule has 0 saturated carbocycles. The molecule has 1 aromatic carbocycles. The Balaban J connectivity index is 1.60. The lowest BCUT2D eigenvalue weighted by Crippen LogP contribution is -2.42. The summed E-state index contributed by atoms with van der Waals surface area (Å²) in [7, 11) is 0. The minimum Gasteiger partial charge on any atom is -0.481 e. The number of aliphatic carboxylic acids is 1. The van der Waals surface area contributed by atoms with E-state index in [1.165, 1.54) is 11.8 Å². The molecule has 0 radical (unpaired) electrons. The molecule has 1 aliphatic rings. The number of anilines is 1. The van der Waals surface area contributed by atoms with Crippen molar-refractivity contribution < 1.29 is 14.7 Å². The van der Waals surface area contributed by atoms with Crippen LogP contribution in [0.1, 0.15) is 18.4 Å². The van der Waals surface area contributed by atoms with Crippen LogP contribution in [0, 0.1) is 12.8 Å². The average molecular weight is 372 g/mol. The number of hydrogen-bond donors (Lipinski definition) is 2. The van der Waals surface area contributed by atoms with Gasteiger partial charge in [-0.3, -0.25) is 4.79 Å². The van der Waals surface area contributed by atoms with Gasteiger partial charge in [-0.05, 0) is 61.4 Å². The van der Waals surface area contributed by atoms with E-state index in [0.29, 0.717) is 31.1 Å². The first-order valence-corrected chi connectivity index (χ1v) is 9.19. The molecule has 1 aromatic heterocycles. The number of likely N-dealkylation sites (tertiary alicyclic amines) is 1. The summed E-state index contributed by atoms with van der Waals surface area (Å²) in [5.74, 6) is -1.13. The predicted octanol–water partition coefficient (Wildman–Crippen LogP) is 3.26. The summed E-state index contributed by atoms with van der Waals surface area (Å²) in [6, 6.07) is 7.34. The number of piperidine rings is 1. The van der Waals surface area contributed by atoms with Crippen molar-refractivity contribution in [3.63, 3.8) is 0 Å². The van der Waals surface area contributed by atoms with Crippen molar-refractivity contribution in [2.45, 2.75) is 29.8 Å². The molecular formula is C18H20N4O3S. The molecule has 0 unspecified atom stereocenters. The zero-order valence-corrected chi connectivity index (χ0v) is 15.2. The Morgan fingerprint density at radius 2 is 1.92 bits per heavy atom. The van der Waals surface area contributed by atoms with Crippen molar-refractivity contribution in [2.75, 3.05) is 18.4 Å². The fourth-order valence-corrected chi connectivity index (χ4v) is 3.62. The second-order valence-electron chi connectivity index (χ2n) is 6.14. The van der Waals surface area contributed by atoms with E-state index in [1.54, 1.807) is 23.4 Å². The molecule has 2 aromatic rings. The highest BCUT2D eigenvalue weighted by Gasteiger charge is 2.27. The third kappa shape index (κ3) is 4.51. The molecule has 0 aliphatic carbocycles. The van der Waals surface area contributed by atoms with Crippen molar-refractivity contribution in [2.24, 2.45) is 5.92 Å². The highest BCUT2D eigenvalue weighted by atomic mass is 32.2. The number of amides is 2. The highest BCUT2D eigenvalue weighted by Crippen LogP contribution is 2.28. The number of carbonyl (C=O) groups is 2. The largest absolute Gasteiger partial charge is 0.481 e. The molecule has 1 aliphatic heterocycles. The molecule has 0 atom stereocenters. The number of aromatic nitrogens is 2. The van der Waals surface area contributed by atoms with Gasteiger partial charge in [-0.2, -0.15) is 0 Å². The maximum atomic E-state index is 12.4. The Kier molecular flexibility index (Phi) is 5.72. The summed E-state index contributed by atoms with van der Waals surface area (Å²) < 4.78 is 0. The van der Waals surface area contributed by atoms with Gasteiger partial charge in [0.05, 0.1) is 5.92 Å². The number of carboxylic acids is 1. The van der Waals surface area contributed by atoms with Crippen LogP contribution in [-0.4, -0.2) is 45.1 Å². The van der Waals surface area contributed by atoms with Crippen LogP contribution in [0.2, 0.25) is 0 Å². The smallest absolute Gasteiger partial charge is 0.321 e. The van der Waals surface area contributed by atoms with Gasteiger partial charge in [0.1, 0.15) is 0 Å². The van der Waals surface area contributed by atoms with Crippen LogP contribution in [0.25, 0.3) is 0 Å². The third-order valence-electron chi connectivity index (χ3n) is 4.32. The number of nitrogens with zero attached hydrogens (tertiary/aromatic N) is 3. The van der Waals surface area contributed by atoms with Gasteiger partial charge in [-0.1, -0.05) is 0 Å². The number of hydrogen-bond acceptors (Lipinski definition) is 5. The minimum atomic E-state index is -0.781. The molecule has 0 spiro atoms. The fraction of sp³-hybridized carbons (Fsp3) is 0.333. The lowest BCUT2D eigenvalue weighted by molar-refractivity contribution is -0.143. The standard InChI is InChI=1S/C18H20N4O3S/c1-12-11-14(26-17-19-7-2-8-20-17)3-4-15(12)21-18(25)22-9-5-13(6-10-22)16(23)24/h2-4,7-8,11,13H,5-6,9-10H2,1H3,(H,21,25)(H,23,24). The highest BCUT2D eigenvalue weighted by molar-refractivity contribution is 7.99. The minimum absolute atomic E-state index is 0.191. The van der Waals surface area contributed by atoms with Crippen LogP contribution < -0.4 is 5.32 Å². The van der Waals surface area contributed by atoms with E-state index < -0.39 is 5.97 Å². The second kappa shape index (κ2) is 8.18. The monoisotopic (exact) mass is 372 g/mol. The summed E-state index contributed by atoms with van der Waals surface area (Å²) in [4.78, 5) is 34.4. The SMILES string of the molecule is Cc1cc(Sc2ncccn2)ccc1NC(=O)N1CCC(C(=O)O)CC1. The van der Waals surface area contributed by atoms with E-state index in [2.05, 4.69) is 15.3 Å². The van der Waals surface area contributed by atoms with Gasteiger partial charge in [0.2, 0.25) is 0 Å². The maximum Gasteiger partial charge on any atom is 0.321 e. The second-order valence-corrected chi connectivity index (χ2v) is 7.18. The van der Waals surface area contributed by atoms with E-state index in [-0.39, 0.29) is 11.9 Å². The number of nitrogens with one attached hydrogen (secondary N) is 1. The number of carbonyl (C=O) groups excluding carboxylic acids is 1. The van der Waals surface area contributed by atoms with Gasteiger partial charge in [0.25, 0.3) is 0 Å². The molecule has 136 valence electrons. The van der Waals surface area contributed by atoms with E-state index >= 15 is 0 Å². The lowest BCUT2D eigenvalue weighted by atomic mass is 9.97. The van der Waals surface area contributed by atoms with Gasteiger partial charge < -0.3 is 15.3 Å². The molecule has 7 nitrogen and oxygen atoms in total. The van der Waals surface area contributed by atoms with Crippen LogP contribution in [0.3, 0.4) is 0 Å². The number of rotatable bonds is 4. The Morgan fingerprint density at radius 3 is 2.54 bits per heavy atom. The van der Waals surface area contributed by atoms with Gasteiger partial charge in [-0.25, -0.2) is 14.8 Å². The summed E-state index contributed by atoms with van der Waals surface area (Å²) in [6.07, 6.45) is 4.39. The van der Waals surface area contributed by atoms with Crippen molar-refractivity contribution in [1.82, 2.24) is 14.9 Å². The first-order valence-electron chi connectivity index (χ1n) is 8.37. The van der Waals surface area contributed by atoms with E-state index in [9.17, 15) is 9.59 Å². The Bertz CT molecular complexity index is 792. The van der Waals surface area contributed by atoms with Crippen LogP contribution in [-0.2, 0) is 4.79 Å². The van der Waals surface area contributed by atoms with Crippen LogP contribution in [0.5, 0.6) is 0 Å². The quantitative estimate of drug-likeness (QED) is 0.800. The summed E-state index contributed by atoms with van der Waals surface area (Å²) in [5, 5.41) is 12.6. The van der Waals surface area contributed by atoms with Crippen LogP contribution in [0.15, 0.2) is 46.7 Å². The van der Waals surface area contributed by atoms with Gasteiger partial charge in [0.15, 0.2) is 5.16 Å². The zero-order chi connectivity index (χ0) is 18.5. The molecule has 2 N–H and O–H groups in total. The lowest BCUT2D eigenvalue weighted by Gasteiger charge is -2.30. The Hall–Kier alpha value is -2.61. The number of aryl methyl sites for hydroxylation is 1. The first-order chi connectivity index (χ1) is 12.5. The topological polar surface area (TPSA) is 95.4 Å². The maximum absolute atomic E-state index is 12.4. The predicted molar refractivity (Wildman–Crippen MR) is 98.3 cm³/mol. The first kappa shape index (κ1) is 18.2. The summed E-state index contributed by atoms with van der Waals surface area (Å²) >= 11 is 1.46. The van der Waals surface area contributed by atoms with Gasteiger partial charge in [0, 0.05) is 36.1 Å². The normalized spacial score (nSPS) is 14.9. The molecule has 8 heteroatoms. The van der Waals surface area contributed by atoms with E-state index in [1.807, 2.05) is 25.1 Å². The molecule has 1 fully saturated rings. The van der Waals surface area contributed by atoms with Crippen LogP contribution in [0.4, 0.5) is 10.5 Å². The third-order valence-corrected chi connectivity index (χ3v) is 5.21. The fourth-order valence-electron chi connectivity index (χ4n) is 2.81. The molecule has 0 bridgehead atoms. The number of urea groups is 1. The molecule has 2 amide bonds. The Labute approximate surface area is 155 Å². The average Bonchev–Trinajstić information content (AvgIpc) is 2.65.